The van der Waals surface area contributed by atoms with Gasteiger partial charge < -0.3 is 10.2 Å². The number of carbonyl (C=O) groups is 1. The summed E-state index contributed by atoms with van der Waals surface area (Å²) in [5.74, 6) is -1.64. The van der Waals surface area contributed by atoms with Crippen LogP contribution in [0.15, 0.2) is 29.2 Å². The maximum atomic E-state index is 12.7. The number of alkyl halides is 3. The molecule has 11 heteroatoms. The number of carbonyl (C=O) groups excluding carboxylic acids is 1. The summed E-state index contributed by atoms with van der Waals surface area (Å²) in [7, 11) is -3.72. The Labute approximate surface area is 154 Å². The third-order valence-electron chi connectivity index (χ3n) is 3.90. The Morgan fingerprint density at radius 1 is 1.23 bits per heavy atom. The predicted octanol–water partition coefficient (Wildman–Crippen LogP) is 2.20. The second-order valence-electron chi connectivity index (χ2n) is 5.65. The van der Waals surface area contributed by atoms with Gasteiger partial charge in [-0.25, -0.2) is 8.42 Å². The van der Waals surface area contributed by atoms with Crippen molar-refractivity contribution in [2.45, 2.75) is 17.3 Å². The van der Waals surface area contributed by atoms with Crippen molar-refractivity contribution in [3.63, 3.8) is 0 Å². The molecule has 0 unspecified atom stereocenters. The molecule has 0 spiro atoms. The van der Waals surface area contributed by atoms with E-state index in [1.807, 2.05) is 6.92 Å². The molecule has 1 amide bonds. The maximum absolute atomic E-state index is 12.7. The van der Waals surface area contributed by atoms with E-state index >= 15 is 0 Å². The molecule has 146 valence electrons. The van der Waals surface area contributed by atoms with Crippen molar-refractivity contribution in [1.82, 2.24) is 9.21 Å². The monoisotopic (exact) mass is 411 g/mol. The molecule has 1 aliphatic rings. The first-order chi connectivity index (χ1) is 12.1. The third kappa shape index (κ3) is 5.86. The first-order valence-electron chi connectivity index (χ1n) is 7.95. The van der Waals surface area contributed by atoms with Crippen LogP contribution >= 0.6 is 11.8 Å². The summed E-state index contributed by atoms with van der Waals surface area (Å²) in [6.07, 6.45) is 0. The summed E-state index contributed by atoms with van der Waals surface area (Å²) in [6.45, 7) is 4.88. The van der Waals surface area contributed by atoms with Gasteiger partial charge in [-0.2, -0.15) is 17.5 Å². The Balaban J connectivity index is 2.05. The molecule has 1 heterocycles. The fourth-order valence-electron chi connectivity index (χ4n) is 2.51. The molecule has 0 aromatic heterocycles. The number of likely N-dealkylation sites (N-methyl/N-ethyl adjacent to an activating group) is 1. The average molecular weight is 411 g/mol. The van der Waals surface area contributed by atoms with Crippen LogP contribution in [0.1, 0.15) is 6.92 Å². The SMILES string of the molecule is CCN1CCN(S(=O)(=O)c2cccc(NC(=O)CSC(F)(F)F)c2)CC1. The van der Waals surface area contributed by atoms with Crippen LogP contribution in [0.5, 0.6) is 0 Å². The fraction of sp³-hybridized carbons (Fsp3) is 0.533. The highest BCUT2D eigenvalue weighted by Crippen LogP contribution is 2.30. The molecule has 6 nitrogen and oxygen atoms in total. The lowest BCUT2D eigenvalue weighted by Gasteiger charge is -2.33. The number of piperazine rings is 1. The van der Waals surface area contributed by atoms with Gasteiger partial charge in [0.2, 0.25) is 15.9 Å². The van der Waals surface area contributed by atoms with E-state index in [1.165, 1.54) is 28.6 Å². The van der Waals surface area contributed by atoms with Crippen molar-refractivity contribution < 1.29 is 26.4 Å². The number of rotatable bonds is 6. The van der Waals surface area contributed by atoms with Gasteiger partial charge in [0.1, 0.15) is 0 Å². The standard InChI is InChI=1S/C15H20F3N3O3S2/c1-2-20-6-8-21(9-7-20)26(23,24)13-5-3-4-12(10-13)19-14(22)11-25-15(16,17)18/h3-5,10H,2,6-9,11H2,1H3,(H,19,22). The summed E-state index contributed by atoms with van der Waals surface area (Å²) >= 11 is -0.447. The number of nitrogens with zero attached hydrogens (tertiary/aromatic N) is 2. The lowest BCUT2D eigenvalue weighted by atomic mass is 10.3. The summed E-state index contributed by atoms with van der Waals surface area (Å²) in [4.78, 5) is 13.7. The zero-order valence-corrected chi connectivity index (χ0v) is 15.8. The Morgan fingerprint density at radius 2 is 1.88 bits per heavy atom. The van der Waals surface area contributed by atoms with Crippen LogP contribution in [0.25, 0.3) is 0 Å². The van der Waals surface area contributed by atoms with Gasteiger partial charge in [-0.05, 0) is 36.5 Å². The highest BCUT2D eigenvalue weighted by Gasteiger charge is 2.30. The topological polar surface area (TPSA) is 69.7 Å². The third-order valence-corrected chi connectivity index (χ3v) is 6.53. The zero-order valence-electron chi connectivity index (χ0n) is 14.1. The van der Waals surface area contributed by atoms with Crippen molar-refractivity contribution >= 4 is 33.4 Å². The Kier molecular flexibility index (Phi) is 6.94. The predicted molar refractivity (Wildman–Crippen MR) is 94.5 cm³/mol. The van der Waals surface area contributed by atoms with Gasteiger partial charge in [-0.15, -0.1) is 0 Å². The van der Waals surface area contributed by atoms with E-state index in [0.717, 1.165) is 6.54 Å². The molecule has 0 radical (unpaired) electrons. The normalized spacial score (nSPS) is 17.2. The van der Waals surface area contributed by atoms with Crippen molar-refractivity contribution in [2.24, 2.45) is 0 Å². The van der Waals surface area contributed by atoms with Crippen molar-refractivity contribution in [3.05, 3.63) is 24.3 Å². The number of thioether (sulfide) groups is 1. The number of benzene rings is 1. The van der Waals surface area contributed by atoms with Crippen molar-refractivity contribution in [3.8, 4) is 0 Å². The molecule has 1 aliphatic heterocycles. The lowest BCUT2D eigenvalue weighted by Crippen LogP contribution is -2.48. The van der Waals surface area contributed by atoms with E-state index in [1.54, 1.807) is 0 Å². The summed E-state index contributed by atoms with van der Waals surface area (Å²) < 4.78 is 63.2. The second kappa shape index (κ2) is 8.59. The molecule has 1 fully saturated rings. The van der Waals surface area contributed by atoms with Crippen LogP contribution in [0.2, 0.25) is 0 Å². The average Bonchev–Trinajstić information content (AvgIpc) is 2.60. The molecule has 26 heavy (non-hydrogen) atoms. The van der Waals surface area contributed by atoms with Crippen LogP contribution in [0, 0.1) is 0 Å². The Morgan fingerprint density at radius 3 is 2.46 bits per heavy atom. The largest absolute Gasteiger partial charge is 0.442 e. The van der Waals surface area contributed by atoms with Gasteiger partial charge in [0.25, 0.3) is 0 Å². The number of nitrogens with one attached hydrogen (secondary N) is 1. The van der Waals surface area contributed by atoms with Crippen LogP contribution in [0.4, 0.5) is 18.9 Å². The van der Waals surface area contributed by atoms with Gasteiger partial charge in [-0.1, -0.05) is 13.0 Å². The molecule has 1 aromatic carbocycles. The first-order valence-corrected chi connectivity index (χ1v) is 10.4. The van der Waals surface area contributed by atoms with Crippen LogP contribution in [0.3, 0.4) is 0 Å². The number of amides is 1. The van der Waals surface area contributed by atoms with Crippen molar-refractivity contribution in [2.75, 3.05) is 43.8 Å². The molecule has 0 saturated carbocycles. The van der Waals surface area contributed by atoms with Gasteiger partial charge in [0, 0.05) is 31.9 Å². The first kappa shape index (κ1) is 21.0. The quantitative estimate of drug-likeness (QED) is 0.777. The van der Waals surface area contributed by atoms with E-state index in [2.05, 4.69) is 10.2 Å². The minimum absolute atomic E-state index is 0.00345. The smallest absolute Gasteiger partial charge is 0.325 e. The van der Waals surface area contributed by atoms with Gasteiger partial charge >= 0.3 is 5.51 Å². The molecule has 0 atom stereocenters. The minimum Gasteiger partial charge on any atom is -0.325 e. The molecule has 1 saturated heterocycles. The van der Waals surface area contributed by atoms with Crippen LogP contribution in [-0.4, -0.2) is 67.5 Å². The number of sulfonamides is 1. The van der Waals surface area contributed by atoms with E-state index in [9.17, 15) is 26.4 Å². The second-order valence-corrected chi connectivity index (χ2v) is 8.63. The van der Waals surface area contributed by atoms with E-state index in [-0.39, 0.29) is 10.6 Å². The van der Waals surface area contributed by atoms with Gasteiger partial charge in [-0.3, -0.25) is 4.79 Å². The Bertz CT molecular complexity index is 733. The van der Waals surface area contributed by atoms with E-state index in [4.69, 9.17) is 0 Å². The lowest BCUT2D eigenvalue weighted by molar-refractivity contribution is -0.114. The summed E-state index contributed by atoms with van der Waals surface area (Å²) in [5.41, 5.74) is -4.35. The minimum atomic E-state index is -4.50. The summed E-state index contributed by atoms with van der Waals surface area (Å²) in [6, 6.07) is 5.55. The number of halogens is 3. The highest BCUT2D eigenvalue weighted by molar-refractivity contribution is 8.00. The molecular weight excluding hydrogens is 391 g/mol. The number of anilines is 1. The van der Waals surface area contributed by atoms with E-state index in [0.29, 0.717) is 26.2 Å². The van der Waals surface area contributed by atoms with Crippen LogP contribution < -0.4 is 5.32 Å². The zero-order chi connectivity index (χ0) is 19.4. The molecule has 0 bridgehead atoms. The molecule has 1 N–H and O–H groups in total. The molecule has 0 aliphatic carbocycles. The van der Waals surface area contributed by atoms with Crippen molar-refractivity contribution in [1.29, 1.82) is 0 Å². The molecular formula is C15H20F3N3O3S2. The van der Waals surface area contributed by atoms with Gasteiger partial charge in [0.15, 0.2) is 0 Å². The highest BCUT2D eigenvalue weighted by atomic mass is 32.2. The number of hydrogen-bond acceptors (Lipinski definition) is 5. The van der Waals surface area contributed by atoms with Gasteiger partial charge in [0.05, 0.1) is 10.6 Å². The fourth-order valence-corrected chi connectivity index (χ4v) is 4.35. The Hall–Kier alpha value is -1.30. The van der Waals surface area contributed by atoms with E-state index < -0.39 is 39.0 Å². The molecule has 2 rings (SSSR count). The number of hydrogen-bond donors (Lipinski definition) is 1. The maximum Gasteiger partial charge on any atom is 0.442 e. The molecule has 1 aromatic rings. The van der Waals surface area contributed by atoms with Crippen LogP contribution in [-0.2, 0) is 14.8 Å². The summed E-state index contributed by atoms with van der Waals surface area (Å²) in [5, 5.41) is 2.30.